The molecule has 1 heterocycles. The standard InChI is InChI=1S/C5H11NO/c1-4-2-5(7)3-6-4/h4-7H,2-3H2,1H3/t4-,5+/m1/s1. The fourth-order valence-corrected chi connectivity index (χ4v) is 0.912. The zero-order valence-corrected chi connectivity index (χ0v) is 4.52. The molecule has 0 aromatic heterocycles. The van der Waals surface area contributed by atoms with E-state index in [1.165, 1.54) is 0 Å². The molecule has 0 radical (unpaired) electrons. The summed E-state index contributed by atoms with van der Waals surface area (Å²) < 4.78 is 0. The van der Waals surface area contributed by atoms with Crippen LogP contribution in [0.3, 0.4) is 0 Å². The first-order valence-electron chi connectivity index (χ1n) is 2.70. The van der Waals surface area contributed by atoms with Crippen LogP contribution >= 0.6 is 0 Å². The highest BCUT2D eigenvalue weighted by Gasteiger charge is 2.16. The molecule has 0 aliphatic carbocycles. The van der Waals surface area contributed by atoms with Crippen molar-refractivity contribution < 1.29 is 5.11 Å². The maximum Gasteiger partial charge on any atom is 0.0679 e. The summed E-state index contributed by atoms with van der Waals surface area (Å²) in [5.41, 5.74) is 0. The second-order valence-corrected chi connectivity index (χ2v) is 2.20. The van der Waals surface area contributed by atoms with Crippen molar-refractivity contribution in [2.45, 2.75) is 25.5 Å². The number of hydrogen-bond donors (Lipinski definition) is 2. The van der Waals surface area contributed by atoms with E-state index in [1.54, 1.807) is 0 Å². The van der Waals surface area contributed by atoms with Crippen molar-refractivity contribution in [3.63, 3.8) is 0 Å². The van der Waals surface area contributed by atoms with E-state index in [2.05, 4.69) is 12.2 Å². The molecule has 0 aromatic carbocycles. The summed E-state index contributed by atoms with van der Waals surface area (Å²) in [6.07, 6.45) is 0.829. The first-order chi connectivity index (χ1) is 3.29. The highest BCUT2D eigenvalue weighted by molar-refractivity contribution is 4.76. The van der Waals surface area contributed by atoms with Gasteiger partial charge in [0.15, 0.2) is 0 Å². The minimum Gasteiger partial charge on any atom is -0.392 e. The third kappa shape index (κ3) is 1.14. The Morgan fingerprint density at radius 3 is 2.57 bits per heavy atom. The molecule has 42 valence electrons. The molecule has 0 saturated carbocycles. The lowest BCUT2D eigenvalue weighted by Crippen LogP contribution is -2.17. The summed E-state index contributed by atoms with van der Waals surface area (Å²) in [5, 5.41) is 12.0. The van der Waals surface area contributed by atoms with Crippen molar-refractivity contribution in [2.75, 3.05) is 6.54 Å². The van der Waals surface area contributed by atoms with Gasteiger partial charge < -0.3 is 10.4 Å². The number of β-amino-alcohol motifs (C(OH)–C–C–N with tert-alkyl or cyclic N) is 1. The van der Waals surface area contributed by atoms with Gasteiger partial charge in [-0.3, -0.25) is 0 Å². The van der Waals surface area contributed by atoms with E-state index in [-0.39, 0.29) is 6.10 Å². The Morgan fingerprint density at radius 2 is 2.43 bits per heavy atom. The largest absolute Gasteiger partial charge is 0.392 e. The van der Waals surface area contributed by atoms with Crippen LogP contribution in [0.4, 0.5) is 0 Å². The third-order valence-corrected chi connectivity index (χ3v) is 1.33. The van der Waals surface area contributed by atoms with E-state index in [1.807, 2.05) is 0 Å². The number of rotatable bonds is 0. The molecule has 2 heteroatoms. The first-order valence-corrected chi connectivity index (χ1v) is 2.70. The molecule has 1 aliphatic heterocycles. The summed E-state index contributed by atoms with van der Waals surface area (Å²) in [4.78, 5) is 0. The van der Waals surface area contributed by atoms with Gasteiger partial charge in [0.2, 0.25) is 0 Å². The number of nitrogens with one attached hydrogen (secondary N) is 1. The average Bonchev–Trinajstić information content (AvgIpc) is 1.87. The van der Waals surface area contributed by atoms with Crippen LogP contribution in [0.5, 0.6) is 0 Å². The molecule has 2 N–H and O–H groups in total. The fraction of sp³-hybridized carbons (Fsp3) is 1.00. The Bertz CT molecular complexity index is 57.1. The summed E-state index contributed by atoms with van der Waals surface area (Å²) >= 11 is 0. The summed E-state index contributed by atoms with van der Waals surface area (Å²) in [6.45, 7) is 2.86. The summed E-state index contributed by atoms with van der Waals surface area (Å²) in [5.74, 6) is 0. The van der Waals surface area contributed by atoms with Crippen LogP contribution in [0.25, 0.3) is 0 Å². The molecule has 7 heavy (non-hydrogen) atoms. The molecular formula is C5H11NO. The maximum atomic E-state index is 8.84. The Hall–Kier alpha value is -0.0800. The smallest absolute Gasteiger partial charge is 0.0679 e. The van der Waals surface area contributed by atoms with Crippen molar-refractivity contribution in [2.24, 2.45) is 0 Å². The lowest BCUT2D eigenvalue weighted by Gasteiger charge is -1.95. The van der Waals surface area contributed by atoms with Gasteiger partial charge in [-0.1, -0.05) is 0 Å². The van der Waals surface area contributed by atoms with Gasteiger partial charge in [0.25, 0.3) is 0 Å². The third-order valence-electron chi connectivity index (χ3n) is 1.33. The molecule has 2 nitrogen and oxygen atoms in total. The van der Waals surface area contributed by atoms with Crippen LogP contribution in [-0.2, 0) is 0 Å². The van der Waals surface area contributed by atoms with Crippen molar-refractivity contribution >= 4 is 0 Å². The Balaban J connectivity index is 2.26. The predicted molar refractivity (Wildman–Crippen MR) is 28.1 cm³/mol. The SMILES string of the molecule is C[C@@H]1C[C@H](O)CN1. The highest BCUT2D eigenvalue weighted by atomic mass is 16.3. The van der Waals surface area contributed by atoms with Crippen molar-refractivity contribution in [3.8, 4) is 0 Å². The summed E-state index contributed by atoms with van der Waals surface area (Å²) in [7, 11) is 0. The highest BCUT2D eigenvalue weighted by Crippen LogP contribution is 2.03. The molecule has 1 saturated heterocycles. The zero-order chi connectivity index (χ0) is 5.28. The van der Waals surface area contributed by atoms with Crippen LogP contribution in [0, 0.1) is 0 Å². The van der Waals surface area contributed by atoms with E-state index in [0.29, 0.717) is 6.04 Å². The quantitative estimate of drug-likeness (QED) is 0.440. The van der Waals surface area contributed by atoms with Gasteiger partial charge in [0, 0.05) is 12.6 Å². The van der Waals surface area contributed by atoms with Gasteiger partial charge in [-0.05, 0) is 13.3 Å². The lowest BCUT2D eigenvalue weighted by atomic mass is 10.2. The second-order valence-electron chi connectivity index (χ2n) is 2.20. The predicted octanol–water partition coefficient (Wildman–Crippen LogP) is -0.271. The fourth-order valence-electron chi connectivity index (χ4n) is 0.912. The minimum atomic E-state index is -0.0880. The molecular weight excluding hydrogens is 90.1 g/mol. The second kappa shape index (κ2) is 1.80. The molecule has 1 aliphatic rings. The van der Waals surface area contributed by atoms with E-state index in [0.717, 1.165) is 13.0 Å². The van der Waals surface area contributed by atoms with Gasteiger partial charge in [0.1, 0.15) is 0 Å². The van der Waals surface area contributed by atoms with Crippen LogP contribution in [-0.4, -0.2) is 23.8 Å². The Morgan fingerprint density at radius 1 is 1.71 bits per heavy atom. The lowest BCUT2D eigenvalue weighted by molar-refractivity contribution is 0.194. The van der Waals surface area contributed by atoms with Crippen LogP contribution in [0.2, 0.25) is 0 Å². The molecule has 2 atom stereocenters. The van der Waals surface area contributed by atoms with Gasteiger partial charge in [-0.15, -0.1) is 0 Å². The van der Waals surface area contributed by atoms with Crippen LogP contribution < -0.4 is 5.32 Å². The summed E-state index contributed by atoms with van der Waals surface area (Å²) in [6, 6.07) is 0.523. The number of aliphatic hydroxyl groups excluding tert-OH is 1. The number of hydrogen-bond acceptors (Lipinski definition) is 2. The molecule has 1 rings (SSSR count). The van der Waals surface area contributed by atoms with E-state index < -0.39 is 0 Å². The van der Waals surface area contributed by atoms with Crippen molar-refractivity contribution in [1.82, 2.24) is 5.32 Å². The number of aliphatic hydroxyl groups is 1. The molecule has 0 unspecified atom stereocenters. The van der Waals surface area contributed by atoms with E-state index in [9.17, 15) is 0 Å². The molecule has 1 fully saturated rings. The average molecular weight is 101 g/mol. The normalized spacial score (nSPS) is 42.0. The molecule has 0 aromatic rings. The maximum absolute atomic E-state index is 8.84. The molecule has 0 amide bonds. The van der Waals surface area contributed by atoms with E-state index >= 15 is 0 Å². The minimum absolute atomic E-state index is 0.0880. The van der Waals surface area contributed by atoms with Gasteiger partial charge in [-0.2, -0.15) is 0 Å². The monoisotopic (exact) mass is 101 g/mol. The molecule has 0 bridgehead atoms. The van der Waals surface area contributed by atoms with Gasteiger partial charge >= 0.3 is 0 Å². The van der Waals surface area contributed by atoms with Crippen molar-refractivity contribution in [1.29, 1.82) is 0 Å². The van der Waals surface area contributed by atoms with Crippen molar-refractivity contribution in [3.05, 3.63) is 0 Å². The zero-order valence-electron chi connectivity index (χ0n) is 4.52. The Kier molecular flexibility index (Phi) is 1.30. The van der Waals surface area contributed by atoms with Gasteiger partial charge in [-0.25, -0.2) is 0 Å². The Labute approximate surface area is 43.5 Å². The van der Waals surface area contributed by atoms with Crippen LogP contribution in [0.1, 0.15) is 13.3 Å². The first kappa shape index (κ1) is 5.06. The van der Waals surface area contributed by atoms with Gasteiger partial charge in [0.05, 0.1) is 6.10 Å². The topological polar surface area (TPSA) is 32.3 Å². The van der Waals surface area contributed by atoms with E-state index in [4.69, 9.17) is 5.11 Å². The molecule has 0 spiro atoms. The van der Waals surface area contributed by atoms with Crippen LogP contribution in [0.15, 0.2) is 0 Å².